The second-order valence-electron chi connectivity index (χ2n) is 11.0. The van der Waals surface area contributed by atoms with Gasteiger partial charge in [0.15, 0.2) is 11.6 Å². The number of ether oxygens (including phenoxy) is 2. The summed E-state index contributed by atoms with van der Waals surface area (Å²) in [6, 6.07) is 0. The molecule has 1 saturated heterocycles. The molecule has 1 aliphatic heterocycles. The fraction of sp³-hybridized carbons (Fsp3) is 0.800. The van der Waals surface area contributed by atoms with Gasteiger partial charge in [0.05, 0.1) is 18.6 Å². The number of hydrogen-bond acceptors (Lipinski definition) is 3. The van der Waals surface area contributed by atoms with Gasteiger partial charge in [-0.3, -0.25) is 4.79 Å². The van der Waals surface area contributed by atoms with Crippen LogP contribution in [0.5, 0.6) is 0 Å². The zero-order valence-electron chi connectivity index (χ0n) is 17.5. The zero-order valence-corrected chi connectivity index (χ0v) is 17.5. The smallest absolute Gasteiger partial charge is 0.175 e. The van der Waals surface area contributed by atoms with E-state index in [1.807, 2.05) is 6.08 Å². The Morgan fingerprint density at radius 3 is 2.57 bits per heavy atom. The van der Waals surface area contributed by atoms with Crippen LogP contribution in [0.1, 0.15) is 71.6 Å². The van der Waals surface area contributed by atoms with E-state index in [1.54, 1.807) is 0 Å². The third-order valence-electron chi connectivity index (χ3n) is 10.7. The summed E-state index contributed by atoms with van der Waals surface area (Å²) in [5.41, 5.74) is 3.45. The molecule has 3 nitrogen and oxygen atoms in total. The lowest BCUT2D eigenvalue weighted by molar-refractivity contribution is -0.248. The maximum atomic E-state index is 12.0. The molecule has 0 radical (unpaired) electrons. The minimum absolute atomic E-state index is 0.0277. The molecule has 152 valence electrons. The first-order valence-corrected chi connectivity index (χ1v) is 11.6. The molecular weight excluding hydrogens is 348 g/mol. The minimum atomic E-state index is -0.499. The molecule has 5 aliphatic carbocycles. The number of carbonyl (C=O) groups is 1. The van der Waals surface area contributed by atoms with Gasteiger partial charge >= 0.3 is 0 Å². The van der Waals surface area contributed by atoms with Crippen LogP contribution in [0.3, 0.4) is 0 Å². The maximum absolute atomic E-state index is 12.0. The van der Waals surface area contributed by atoms with Crippen LogP contribution in [0.15, 0.2) is 23.8 Å². The van der Waals surface area contributed by atoms with E-state index < -0.39 is 5.79 Å². The van der Waals surface area contributed by atoms with Crippen molar-refractivity contribution in [1.82, 2.24) is 0 Å². The van der Waals surface area contributed by atoms with E-state index in [-0.39, 0.29) is 10.8 Å². The largest absolute Gasteiger partial charge is 0.347 e. The molecule has 0 N–H and O–H groups in total. The second-order valence-corrected chi connectivity index (χ2v) is 11.0. The van der Waals surface area contributed by atoms with Crippen molar-refractivity contribution in [1.29, 1.82) is 0 Å². The highest BCUT2D eigenvalue weighted by atomic mass is 16.7. The van der Waals surface area contributed by atoms with Crippen molar-refractivity contribution in [3.8, 4) is 0 Å². The van der Waals surface area contributed by atoms with E-state index in [2.05, 4.69) is 20.4 Å². The van der Waals surface area contributed by atoms with Crippen molar-refractivity contribution < 1.29 is 14.3 Å². The highest BCUT2D eigenvalue weighted by molar-refractivity contribution is 5.91. The lowest BCUT2D eigenvalue weighted by Gasteiger charge is -2.60. The zero-order chi connectivity index (χ0) is 19.4. The van der Waals surface area contributed by atoms with Gasteiger partial charge in [0, 0.05) is 6.42 Å². The molecule has 1 unspecified atom stereocenters. The van der Waals surface area contributed by atoms with Crippen LogP contribution in [-0.2, 0) is 14.3 Å². The van der Waals surface area contributed by atoms with Crippen molar-refractivity contribution in [2.24, 2.45) is 34.0 Å². The Bertz CT molecular complexity index is 790. The maximum Gasteiger partial charge on any atom is 0.175 e. The molecule has 6 atom stereocenters. The Kier molecular flexibility index (Phi) is 3.45. The molecule has 0 amide bonds. The van der Waals surface area contributed by atoms with Crippen molar-refractivity contribution in [2.45, 2.75) is 77.4 Å². The van der Waals surface area contributed by atoms with E-state index in [4.69, 9.17) is 9.47 Å². The molecule has 5 fully saturated rings. The van der Waals surface area contributed by atoms with E-state index in [0.29, 0.717) is 30.3 Å². The summed E-state index contributed by atoms with van der Waals surface area (Å²) in [7, 11) is 0. The SMILES string of the molecule is C=C1CC23CC[C@@]1(C1(C)OCCO1)[C@@]2(C)CC[C@H]1[C@H]3CCC2=CC(=O)CC[C@@H]21. The average molecular weight is 383 g/mol. The summed E-state index contributed by atoms with van der Waals surface area (Å²) in [6.45, 7) is 10.9. The number of carbonyl (C=O) groups excluding carboxylic acids is 1. The lowest BCUT2D eigenvalue weighted by atomic mass is 9.44. The monoisotopic (exact) mass is 382 g/mol. The third kappa shape index (κ3) is 1.75. The normalized spacial score (nSPS) is 51.5. The highest BCUT2D eigenvalue weighted by Gasteiger charge is 2.80. The Balaban J connectivity index is 1.44. The van der Waals surface area contributed by atoms with Gasteiger partial charge in [-0.1, -0.05) is 24.6 Å². The average Bonchev–Trinajstić information content (AvgIpc) is 3.28. The number of rotatable bonds is 1. The Morgan fingerprint density at radius 1 is 1.04 bits per heavy atom. The molecule has 3 heteroatoms. The van der Waals surface area contributed by atoms with E-state index >= 15 is 0 Å². The van der Waals surface area contributed by atoms with Gasteiger partial charge in [-0.2, -0.15) is 0 Å². The summed E-state index contributed by atoms with van der Waals surface area (Å²) in [6.07, 6.45) is 12.5. The molecule has 2 bridgehead atoms. The fourth-order valence-electron chi connectivity index (χ4n) is 9.74. The Labute approximate surface area is 168 Å². The summed E-state index contributed by atoms with van der Waals surface area (Å²) >= 11 is 0. The van der Waals surface area contributed by atoms with Crippen LogP contribution in [-0.4, -0.2) is 24.8 Å². The van der Waals surface area contributed by atoms with Crippen molar-refractivity contribution in [2.75, 3.05) is 13.2 Å². The van der Waals surface area contributed by atoms with Gasteiger partial charge in [0.2, 0.25) is 0 Å². The van der Waals surface area contributed by atoms with Crippen LogP contribution in [0.25, 0.3) is 0 Å². The van der Waals surface area contributed by atoms with Crippen LogP contribution < -0.4 is 0 Å². The number of allylic oxidation sites excluding steroid dienone is 1. The minimum Gasteiger partial charge on any atom is -0.347 e. The van der Waals surface area contributed by atoms with Gasteiger partial charge in [-0.05, 0) is 93.0 Å². The highest BCUT2D eigenvalue weighted by Crippen LogP contribution is 2.84. The van der Waals surface area contributed by atoms with Crippen molar-refractivity contribution >= 4 is 5.78 Å². The molecule has 6 rings (SSSR count). The van der Waals surface area contributed by atoms with Crippen LogP contribution in [0.2, 0.25) is 0 Å². The Morgan fingerprint density at radius 2 is 1.82 bits per heavy atom. The molecular formula is C25H34O3. The predicted octanol–water partition coefficient (Wildman–Crippen LogP) is 5.21. The summed E-state index contributed by atoms with van der Waals surface area (Å²) in [5, 5.41) is 0. The van der Waals surface area contributed by atoms with Gasteiger partial charge in [0.25, 0.3) is 0 Å². The lowest BCUT2D eigenvalue weighted by Crippen LogP contribution is -2.58. The molecule has 28 heavy (non-hydrogen) atoms. The second kappa shape index (κ2) is 5.40. The van der Waals surface area contributed by atoms with Gasteiger partial charge < -0.3 is 9.47 Å². The molecule has 0 aromatic heterocycles. The Hall–Kier alpha value is -0.930. The van der Waals surface area contributed by atoms with Gasteiger partial charge in [-0.25, -0.2) is 0 Å². The van der Waals surface area contributed by atoms with E-state index in [1.165, 1.54) is 43.3 Å². The molecule has 4 saturated carbocycles. The number of fused-ring (bicyclic) bond motifs is 3. The standard InChI is InChI=1S/C25H34O3/c1-16-15-24-10-11-25(16,23(3)27-12-13-28-23)22(24,2)9-8-20-19-6-5-18(26)14-17(19)4-7-21(20)24/h14,19-21H,1,4-13,15H2,2-3H3/t19-,20+,21+,22-,24?,25-/m0/s1. The molecule has 0 spiro atoms. The number of hydrogen-bond donors (Lipinski definition) is 0. The molecule has 0 aromatic carbocycles. The van der Waals surface area contributed by atoms with Gasteiger partial charge in [-0.15, -0.1) is 0 Å². The van der Waals surface area contributed by atoms with Gasteiger partial charge in [0.1, 0.15) is 0 Å². The first kappa shape index (κ1) is 17.9. The van der Waals surface area contributed by atoms with Crippen molar-refractivity contribution in [3.63, 3.8) is 0 Å². The summed E-state index contributed by atoms with van der Waals surface area (Å²) < 4.78 is 12.7. The third-order valence-corrected chi connectivity index (χ3v) is 10.7. The fourth-order valence-corrected chi connectivity index (χ4v) is 9.74. The topological polar surface area (TPSA) is 35.5 Å². The molecule has 1 heterocycles. The summed E-state index contributed by atoms with van der Waals surface area (Å²) in [4.78, 5) is 12.0. The molecule has 0 aromatic rings. The van der Waals surface area contributed by atoms with Crippen LogP contribution in [0, 0.1) is 34.0 Å². The van der Waals surface area contributed by atoms with E-state index in [0.717, 1.165) is 37.5 Å². The van der Waals surface area contributed by atoms with Crippen LogP contribution in [0.4, 0.5) is 0 Å². The predicted molar refractivity (Wildman–Crippen MR) is 108 cm³/mol. The molecule has 6 aliphatic rings. The quantitative estimate of drug-likeness (QED) is 0.584. The summed E-state index contributed by atoms with van der Waals surface area (Å²) in [5.74, 6) is 2.06. The van der Waals surface area contributed by atoms with E-state index in [9.17, 15) is 4.79 Å². The van der Waals surface area contributed by atoms with Crippen LogP contribution >= 0.6 is 0 Å². The first-order valence-electron chi connectivity index (χ1n) is 11.6. The van der Waals surface area contributed by atoms with Crippen molar-refractivity contribution in [3.05, 3.63) is 23.8 Å². The first-order chi connectivity index (χ1) is 13.4. The number of ketones is 1.